The Bertz CT molecular complexity index is 1110. The van der Waals surface area contributed by atoms with Crippen LogP contribution in [0.2, 0.25) is 0 Å². The smallest absolute Gasteiger partial charge is 0.254 e. The number of nitrogens with one attached hydrogen (secondary N) is 1. The van der Waals surface area contributed by atoms with Crippen LogP contribution in [0, 0.1) is 0 Å². The Labute approximate surface area is 174 Å². The predicted octanol–water partition coefficient (Wildman–Crippen LogP) is 2.65. The molecular weight excluding hydrogens is 384 g/mol. The van der Waals surface area contributed by atoms with E-state index in [0.717, 1.165) is 16.7 Å². The van der Waals surface area contributed by atoms with Crippen LogP contribution in [0.5, 0.6) is 17.2 Å². The molecule has 1 aliphatic rings. The van der Waals surface area contributed by atoms with E-state index >= 15 is 0 Å². The minimum atomic E-state index is -0.216. The molecule has 0 saturated heterocycles. The van der Waals surface area contributed by atoms with Gasteiger partial charge in [0.25, 0.3) is 5.56 Å². The Kier molecular flexibility index (Phi) is 5.88. The Morgan fingerprint density at radius 1 is 1.17 bits per heavy atom. The number of amides is 1. The molecule has 7 nitrogen and oxygen atoms in total. The topological polar surface area (TPSA) is 78.8 Å². The van der Waals surface area contributed by atoms with Crippen LogP contribution in [0.3, 0.4) is 0 Å². The molecule has 0 radical (unpaired) electrons. The number of carbonyl (C=O) groups is 1. The van der Waals surface area contributed by atoms with Crippen LogP contribution in [0.25, 0.3) is 10.9 Å². The lowest BCUT2D eigenvalue weighted by atomic mass is 10.2. The van der Waals surface area contributed by atoms with Crippen LogP contribution >= 0.6 is 0 Å². The highest BCUT2D eigenvalue weighted by Gasteiger charge is 2.20. The maximum Gasteiger partial charge on any atom is 0.254 e. The van der Waals surface area contributed by atoms with Gasteiger partial charge in [-0.1, -0.05) is 24.3 Å². The van der Waals surface area contributed by atoms with Gasteiger partial charge in [-0.3, -0.25) is 9.59 Å². The molecule has 156 valence electrons. The maximum atomic E-state index is 12.1. The fraction of sp³-hybridized carbons (Fsp3) is 0.304. The normalized spacial score (nSPS) is 15.0. The molecule has 1 aromatic heterocycles. The first-order chi connectivity index (χ1) is 14.6. The van der Waals surface area contributed by atoms with E-state index in [1.165, 1.54) is 6.07 Å². The van der Waals surface area contributed by atoms with Gasteiger partial charge in [-0.25, -0.2) is 0 Å². The lowest BCUT2D eigenvalue weighted by Crippen LogP contribution is -2.40. The minimum absolute atomic E-state index is 0.0742. The van der Waals surface area contributed by atoms with Crippen LogP contribution in [0.4, 0.5) is 0 Å². The van der Waals surface area contributed by atoms with E-state index in [1.807, 2.05) is 48.5 Å². The van der Waals surface area contributed by atoms with Crippen LogP contribution in [-0.4, -0.2) is 36.3 Å². The molecule has 0 spiro atoms. The van der Waals surface area contributed by atoms with Gasteiger partial charge in [0.1, 0.15) is 18.5 Å². The summed E-state index contributed by atoms with van der Waals surface area (Å²) in [6, 6.07) is 16.6. The number of fused-ring (bicyclic) bond motifs is 2. The van der Waals surface area contributed by atoms with Crippen molar-refractivity contribution in [2.45, 2.75) is 18.9 Å². The monoisotopic (exact) mass is 408 g/mol. The van der Waals surface area contributed by atoms with Gasteiger partial charge < -0.3 is 24.1 Å². The first kappa shape index (κ1) is 19.8. The second-order valence-electron chi connectivity index (χ2n) is 7.18. The zero-order valence-electron chi connectivity index (χ0n) is 16.8. The molecule has 30 heavy (non-hydrogen) atoms. The molecule has 0 aliphatic carbocycles. The number of ether oxygens (including phenoxy) is 3. The molecule has 1 aliphatic heterocycles. The summed E-state index contributed by atoms with van der Waals surface area (Å²) < 4.78 is 18.9. The Hall–Kier alpha value is -3.48. The van der Waals surface area contributed by atoms with Gasteiger partial charge in [0.2, 0.25) is 5.91 Å². The molecule has 4 rings (SSSR count). The van der Waals surface area contributed by atoms with Crippen LogP contribution < -0.4 is 25.1 Å². The molecule has 1 unspecified atom stereocenters. The lowest BCUT2D eigenvalue weighted by molar-refractivity contribution is -0.121. The van der Waals surface area contributed by atoms with Gasteiger partial charge in [0.05, 0.1) is 18.7 Å². The van der Waals surface area contributed by atoms with E-state index in [1.54, 1.807) is 11.6 Å². The number of para-hydroxylation sites is 3. The van der Waals surface area contributed by atoms with Gasteiger partial charge >= 0.3 is 0 Å². The van der Waals surface area contributed by atoms with Crippen molar-refractivity contribution in [3.05, 3.63) is 65.0 Å². The number of carbonyl (C=O) groups excluding carboxylic acids is 1. The molecule has 0 bridgehead atoms. The lowest BCUT2D eigenvalue weighted by Gasteiger charge is -2.26. The second kappa shape index (κ2) is 8.90. The van der Waals surface area contributed by atoms with Crippen LogP contribution in [-0.2, 0) is 11.8 Å². The highest BCUT2D eigenvalue weighted by molar-refractivity contribution is 5.85. The number of aryl methyl sites for hydroxylation is 1. The number of aromatic nitrogens is 1. The van der Waals surface area contributed by atoms with Gasteiger partial charge in [0.15, 0.2) is 11.5 Å². The maximum absolute atomic E-state index is 12.1. The highest BCUT2D eigenvalue weighted by Crippen LogP contribution is 2.30. The van der Waals surface area contributed by atoms with Crippen molar-refractivity contribution in [3.8, 4) is 17.2 Å². The summed E-state index contributed by atoms with van der Waals surface area (Å²) in [7, 11) is 1.73. The first-order valence-corrected chi connectivity index (χ1v) is 9.98. The van der Waals surface area contributed by atoms with E-state index in [2.05, 4.69) is 5.32 Å². The molecular formula is C23H24N2O5. The minimum Gasteiger partial charge on any atom is -0.493 e. The van der Waals surface area contributed by atoms with Crippen molar-refractivity contribution >= 4 is 16.8 Å². The molecule has 1 amide bonds. The molecule has 3 aromatic rings. The number of hydrogen-bond donors (Lipinski definition) is 1. The third-order valence-electron chi connectivity index (χ3n) is 5.02. The average Bonchev–Trinajstić information content (AvgIpc) is 2.78. The van der Waals surface area contributed by atoms with Crippen molar-refractivity contribution in [2.75, 3.05) is 19.8 Å². The average molecular weight is 408 g/mol. The number of benzene rings is 2. The Morgan fingerprint density at radius 2 is 1.93 bits per heavy atom. The van der Waals surface area contributed by atoms with Crippen molar-refractivity contribution in [3.63, 3.8) is 0 Å². The summed E-state index contributed by atoms with van der Waals surface area (Å²) in [5.41, 5.74) is 0.687. The zero-order chi connectivity index (χ0) is 20.9. The second-order valence-corrected chi connectivity index (χ2v) is 7.18. The van der Waals surface area contributed by atoms with Gasteiger partial charge in [0, 0.05) is 24.9 Å². The van der Waals surface area contributed by atoms with E-state index in [4.69, 9.17) is 14.2 Å². The number of pyridine rings is 1. The molecule has 2 aromatic carbocycles. The molecule has 7 heteroatoms. The van der Waals surface area contributed by atoms with Gasteiger partial charge in [-0.2, -0.15) is 0 Å². The number of nitrogens with zero attached hydrogens (tertiary/aromatic N) is 1. The van der Waals surface area contributed by atoms with Crippen molar-refractivity contribution in [1.29, 1.82) is 0 Å². The third-order valence-corrected chi connectivity index (χ3v) is 5.02. The summed E-state index contributed by atoms with van der Waals surface area (Å²) in [5.74, 6) is 1.88. The third kappa shape index (κ3) is 4.40. The van der Waals surface area contributed by atoms with Crippen molar-refractivity contribution in [2.24, 2.45) is 7.05 Å². The van der Waals surface area contributed by atoms with Crippen molar-refractivity contribution in [1.82, 2.24) is 9.88 Å². The van der Waals surface area contributed by atoms with E-state index in [-0.39, 0.29) is 17.6 Å². The van der Waals surface area contributed by atoms with Gasteiger partial charge in [-0.05, 0) is 30.7 Å². The summed E-state index contributed by atoms with van der Waals surface area (Å²) in [6.45, 7) is 1.13. The summed E-state index contributed by atoms with van der Waals surface area (Å²) in [5, 5.41) is 3.75. The Balaban J connectivity index is 1.23. The van der Waals surface area contributed by atoms with E-state index in [0.29, 0.717) is 44.1 Å². The SMILES string of the molecule is Cn1c(=O)cc(OCCCC(=O)NCC2COc3ccccc3O2)c2ccccc21. The fourth-order valence-corrected chi connectivity index (χ4v) is 3.39. The first-order valence-electron chi connectivity index (χ1n) is 9.98. The fourth-order valence-electron chi connectivity index (χ4n) is 3.39. The summed E-state index contributed by atoms with van der Waals surface area (Å²) in [6.07, 6.45) is 0.652. The summed E-state index contributed by atoms with van der Waals surface area (Å²) >= 11 is 0. The molecule has 1 N–H and O–H groups in total. The zero-order valence-corrected chi connectivity index (χ0v) is 16.8. The number of hydrogen-bond acceptors (Lipinski definition) is 5. The van der Waals surface area contributed by atoms with Crippen molar-refractivity contribution < 1.29 is 19.0 Å². The molecule has 0 saturated carbocycles. The van der Waals surface area contributed by atoms with Crippen LogP contribution in [0.15, 0.2) is 59.4 Å². The number of rotatable bonds is 7. The summed E-state index contributed by atoms with van der Waals surface area (Å²) in [4.78, 5) is 24.2. The van der Waals surface area contributed by atoms with Gasteiger partial charge in [-0.15, -0.1) is 0 Å². The standard InChI is InChI=1S/C23H24N2O5/c1-25-18-8-3-2-7-17(18)21(13-23(25)27)28-12-6-11-22(26)24-14-16-15-29-19-9-4-5-10-20(19)30-16/h2-5,7-10,13,16H,6,11-12,14-15H2,1H3,(H,24,26). The molecule has 0 fully saturated rings. The predicted molar refractivity (Wildman–Crippen MR) is 113 cm³/mol. The molecule has 2 heterocycles. The van der Waals surface area contributed by atoms with E-state index < -0.39 is 0 Å². The quantitative estimate of drug-likeness (QED) is 0.608. The highest BCUT2D eigenvalue weighted by atomic mass is 16.6. The van der Waals surface area contributed by atoms with E-state index in [9.17, 15) is 9.59 Å². The molecule has 1 atom stereocenters. The van der Waals surface area contributed by atoms with Crippen LogP contribution in [0.1, 0.15) is 12.8 Å². The Morgan fingerprint density at radius 3 is 2.80 bits per heavy atom. The largest absolute Gasteiger partial charge is 0.493 e.